The van der Waals surface area contributed by atoms with Crippen LogP contribution in [0.2, 0.25) is 10.0 Å². The molecule has 3 rings (SSSR count). The lowest BCUT2D eigenvalue weighted by Gasteiger charge is -2.19. The lowest BCUT2D eigenvalue weighted by Crippen LogP contribution is -2.36. The van der Waals surface area contributed by atoms with Crippen molar-refractivity contribution in [1.82, 2.24) is 10.2 Å². The fourth-order valence-electron chi connectivity index (χ4n) is 3.91. The highest BCUT2D eigenvalue weighted by Gasteiger charge is 2.47. The molecule has 0 spiro atoms. The Morgan fingerprint density at radius 1 is 1.19 bits per heavy atom. The summed E-state index contributed by atoms with van der Waals surface area (Å²) in [6.07, 6.45) is 3.64. The number of carbonyl (C=O) groups is 3. The summed E-state index contributed by atoms with van der Waals surface area (Å²) in [5, 5.41) is 3.87. The Morgan fingerprint density at radius 2 is 1.81 bits per heavy atom. The Kier molecular flexibility index (Phi) is 5.88. The maximum Gasteiger partial charge on any atom is 0.233 e. The van der Waals surface area contributed by atoms with Crippen molar-refractivity contribution in [3.05, 3.63) is 33.8 Å². The van der Waals surface area contributed by atoms with Gasteiger partial charge >= 0.3 is 0 Å². The molecule has 1 saturated heterocycles. The number of fused-ring (bicyclic) bond motifs is 1. The van der Waals surface area contributed by atoms with E-state index in [1.807, 2.05) is 6.92 Å². The number of likely N-dealkylation sites (tertiary alicyclic amines) is 1. The van der Waals surface area contributed by atoms with Gasteiger partial charge in [0.05, 0.1) is 17.9 Å². The summed E-state index contributed by atoms with van der Waals surface area (Å²) in [7, 11) is 0. The summed E-state index contributed by atoms with van der Waals surface area (Å²) in [6.45, 7) is 1.96. The van der Waals surface area contributed by atoms with E-state index in [0.29, 0.717) is 10.0 Å². The molecule has 140 valence electrons. The number of amides is 3. The van der Waals surface area contributed by atoms with E-state index < -0.39 is 0 Å². The molecule has 5 nitrogen and oxygen atoms in total. The molecule has 0 unspecified atom stereocenters. The van der Waals surface area contributed by atoms with Gasteiger partial charge in [-0.25, -0.2) is 0 Å². The molecule has 26 heavy (non-hydrogen) atoms. The first-order valence-corrected chi connectivity index (χ1v) is 9.73. The second-order valence-electron chi connectivity index (χ2n) is 7.03. The number of hydrogen-bond acceptors (Lipinski definition) is 3. The van der Waals surface area contributed by atoms with Gasteiger partial charge in [-0.1, -0.05) is 42.1 Å². The highest BCUT2D eigenvalue weighted by atomic mass is 35.5. The fraction of sp³-hybridized carbons (Fsp3) is 0.526. The van der Waals surface area contributed by atoms with Crippen molar-refractivity contribution < 1.29 is 14.4 Å². The number of nitrogens with zero attached hydrogens (tertiary/aromatic N) is 1. The summed E-state index contributed by atoms with van der Waals surface area (Å²) in [6, 6.07) is 4.83. The molecular weight excluding hydrogens is 375 g/mol. The fourth-order valence-corrected chi connectivity index (χ4v) is 4.48. The molecule has 3 amide bonds. The third kappa shape index (κ3) is 3.89. The molecule has 7 heteroatoms. The highest BCUT2D eigenvalue weighted by molar-refractivity contribution is 6.35. The average molecular weight is 397 g/mol. The van der Waals surface area contributed by atoms with Crippen molar-refractivity contribution in [3.63, 3.8) is 0 Å². The van der Waals surface area contributed by atoms with Gasteiger partial charge in [-0.3, -0.25) is 19.3 Å². The van der Waals surface area contributed by atoms with Crippen molar-refractivity contribution >= 4 is 40.9 Å². The Bertz CT molecular complexity index is 713. The minimum atomic E-state index is -0.292. The van der Waals surface area contributed by atoms with Gasteiger partial charge in [-0.05, 0) is 37.5 Å². The summed E-state index contributed by atoms with van der Waals surface area (Å²) in [5.74, 6) is -0.793. The van der Waals surface area contributed by atoms with Gasteiger partial charge in [0.2, 0.25) is 17.7 Å². The normalized spacial score (nSPS) is 23.7. The second-order valence-corrected chi connectivity index (χ2v) is 7.87. The van der Waals surface area contributed by atoms with Crippen LogP contribution in [0.15, 0.2) is 18.2 Å². The van der Waals surface area contributed by atoms with Gasteiger partial charge in [-0.2, -0.15) is 0 Å². The van der Waals surface area contributed by atoms with E-state index in [1.165, 1.54) is 4.90 Å². The van der Waals surface area contributed by atoms with E-state index in [1.54, 1.807) is 18.2 Å². The van der Waals surface area contributed by atoms with E-state index in [9.17, 15) is 14.4 Å². The number of benzene rings is 1. The monoisotopic (exact) mass is 396 g/mol. The van der Waals surface area contributed by atoms with Crippen LogP contribution in [0, 0.1) is 11.8 Å². The van der Waals surface area contributed by atoms with Gasteiger partial charge in [0.15, 0.2) is 0 Å². The SMILES string of the molecule is C[C@@H](NC(=O)CCN1C(=O)[C@H]2CCCC[C@@H]2C1=O)c1ccc(Cl)cc1Cl. The third-order valence-corrected chi connectivity index (χ3v) is 5.86. The van der Waals surface area contributed by atoms with Gasteiger partial charge in [-0.15, -0.1) is 0 Å². The molecule has 1 heterocycles. The lowest BCUT2D eigenvalue weighted by molar-refractivity contribution is -0.140. The van der Waals surface area contributed by atoms with Crippen LogP contribution in [0.4, 0.5) is 0 Å². The van der Waals surface area contributed by atoms with Crippen LogP contribution in [0.1, 0.15) is 50.6 Å². The minimum absolute atomic E-state index is 0.0898. The van der Waals surface area contributed by atoms with Crippen molar-refractivity contribution in [2.24, 2.45) is 11.8 Å². The number of halogens is 2. The molecule has 1 N–H and O–H groups in total. The van der Waals surface area contributed by atoms with Crippen LogP contribution in [0.5, 0.6) is 0 Å². The summed E-state index contributed by atoms with van der Waals surface area (Å²) >= 11 is 12.1. The molecule has 1 saturated carbocycles. The Labute approximate surface area is 163 Å². The maximum absolute atomic E-state index is 12.4. The topological polar surface area (TPSA) is 66.5 Å². The van der Waals surface area contributed by atoms with E-state index in [-0.39, 0.29) is 48.6 Å². The van der Waals surface area contributed by atoms with Gasteiger partial charge < -0.3 is 5.32 Å². The third-order valence-electron chi connectivity index (χ3n) is 5.30. The standard InChI is InChI=1S/C19H22Cl2N2O3/c1-11(13-7-6-12(20)10-16(13)21)22-17(24)8-9-23-18(25)14-4-2-3-5-15(14)19(23)26/h6-7,10-11,14-15H,2-5,8-9H2,1H3,(H,22,24)/t11-,14+,15+/m1/s1. The molecule has 3 atom stereocenters. The molecule has 0 aromatic heterocycles. The predicted molar refractivity (Wildman–Crippen MR) is 99.8 cm³/mol. The van der Waals surface area contributed by atoms with Gasteiger partial charge in [0.1, 0.15) is 0 Å². The molecule has 2 fully saturated rings. The zero-order valence-corrected chi connectivity index (χ0v) is 16.1. The molecule has 0 radical (unpaired) electrons. The van der Waals surface area contributed by atoms with E-state index in [0.717, 1.165) is 31.2 Å². The number of nitrogens with one attached hydrogen (secondary N) is 1. The number of imide groups is 1. The largest absolute Gasteiger partial charge is 0.349 e. The lowest BCUT2D eigenvalue weighted by atomic mass is 9.81. The van der Waals surface area contributed by atoms with Crippen LogP contribution in [-0.2, 0) is 14.4 Å². The maximum atomic E-state index is 12.4. The average Bonchev–Trinajstić information content (AvgIpc) is 2.84. The van der Waals surface area contributed by atoms with Crippen molar-refractivity contribution in [2.75, 3.05) is 6.54 Å². The van der Waals surface area contributed by atoms with Crippen molar-refractivity contribution in [3.8, 4) is 0 Å². The van der Waals surface area contributed by atoms with E-state index >= 15 is 0 Å². The van der Waals surface area contributed by atoms with Crippen LogP contribution in [0.3, 0.4) is 0 Å². The van der Waals surface area contributed by atoms with Crippen LogP contribution in [-0.4, -0.2) is 29.2 Å². The summed E-state index contributed by atoms with van der Waals surface area (Å²) in [4.78, 5) is 38.4. The summed E-state index contributed by atoms with van der Waals surface area (Å²) < 4.78 is 0. The van der Waals surface area contributed by atoms with Gasteiger partial charge in [0.25, 0.3) is 0 Å². The van der Waals surface area contributed by atoms with Crippen LogP contribution >= 0.6 is 23.2 Å². The van der Waals surface area contributed by atoms with Crippen LogP contribution < -0.4 is 5.32 Å². The Hall–Kier alpha value is -1.59. The van der Waals surface area contributed by atoms with E-state index in [2.05, 4.69) is 5.32 Å². The second kappa shape index (κ2) is 7.97. The van der Waals surface area contributed by atoms with Crippen molar-refractivity contribution in [2.45, 2.75) is 45.1 Å². The number of rotatable bonds is 5. The smallest absolute Gasteiger partial charge is 0.233 e. The molecule has 0 bridgehead atoms. The molecular formula is C19H22Cl2N2O3. The Morgan fingerprint density at radius 3 is 2.38 bits per heavy atom. The number of carbonyl (C=O) groups excluding carboxylic acids is 3. The molecule has 1 aliphatic heterocycles. The molecule has 1 aromatic carbocycles. The summed E-state index contributed by atoms with van der Waals surface area (Å²) in [5.41, 5.74) is 0.767. The van der Waals surface area contributed by atoms with E-state index in [4.69, 9.17) is 23.2 Å². The zero-order chi connectivity index (χ0) is 18.8. The Balaban J connectivity index is 1.55. The quantitative estimate of drug-likeness (QED) is 0.770. The minimum Gasteiger partial charge on any atom is -0.349 e. The highest BCUT2D eigenvalue weighted by Crippen LogP contribution is 2.38. The number of hydrogen-bond donors (Lipinski definition) is 1. The molecule has 1 aromatic rings. The van der Waals surface area contributed by atoms with Gasteiger partial charge in [0, 0.05) is 23.0 Å². The first-order valence-electron chi connectivity index (χ1n) is 8.98. The van der Waals surface area contributed by atoms with Crippen LogP contribution in [0.25, 0.3) is 0 Å². The predicted octanol–water partition coefficient (Wildman–Crippen LogP) is 3.74. The first kappa shape index (κ1) is 19.2. The molecule has 1 aliphatic carbocycles. The molecule has 2 aliphatic rings. The first-order chi connectivity index (χ1) is 12.4. The zero-order valence-electron chi connectivity index (χ0n) is 14.6. The van der Waals surface area contributed by atoms with Crippen molar-refractivity contribution in [1.29, 1.82) is 0 Å².